The van der Waals surface area contributed by atoms with E-state index in [0.29, 0.717) is 0 Å². The van der Waals surface area contributed by atoms with Crippen LogP contribution in [0.15, 0.2) is 35.5 Å². The number of thiocarbonyl (C=S) groups is 1. The summed E-state index contributed by atoms with van der Waals surface area (Å²) in [6.45, 7) is 5.25. The molecule has 0 unspecified atom stereocenters. The first-order valence-corrected chi connectivity index (χ1v) is 5.50. The van der Waals surface area contributed by atoms with Crippen molar-refractivity contribution in [3.8, 4) is 0 Å². The molecule has 0 aromatic carbocycles. The van der Waals surface area contributed by atoms with E-state index in [1.54, 1.807) is 12.1 Å². The molecule has 8 heteroatoms. The molecule has 0 spiro atoms. The molecule has 0 atom stereocenters. The maximum atomic E-state index is 10.1. The lowest BCUT2D eigenvalue weighted by Gasteiger charge is -1.97. The number of rotatable bonds is 1. The molecule has 86 valence electrons. The van der Waals surface area contributed by atoms with Gasteiger partial charge in [0, 0.05) is 12.4 Å². The quantitative estimate of drug-likeness (QED) is 0.606. The van der Waals surface area contributed by atoms with Crippen LogP contribution in [0.3, 0.4) is 0 Å². The third-order valence-electron chi connectivity index (χ3n) is 0.942. The van der Waals surface area contributed by atoms with E-state index in [1.807, 2.05) is 6.92 Å². The molecule has 0 amide bonds. The summed E-state index contributed by atoms with van der Waals surface area (Å²) in [4.78, 5) is 7.51. The molecular weight excluding hydrogens is 248 g/mol. The van der Waals surface area contributed by atoms with Crippen LogP contribution in [0.25, 0.3) is 0 Å². The van der Waals surface area contributed by atoms with Gasteiger partial charge < -0.3 is 0 Å². The molecule has 1 aromatic rings. The van der Waals surface area contributed by atoms with Gasteiger partial charge in [-0.05, 0) is 25.2 Å². The Kier molecular flexibility index (Phi) is 7.72. The van der Waals surface area contributed by atoms with Crippen molar-refractivity contribution in [2.24, 2.45) is 4.36 Å². The van der Waals surface area contributed by atoms with Gasteiger partial charge in [0.15, 0.2) is 0 Å². The minimum Gasteiger partial charge on any atom is -0.299 e. The highest BCUT2D eigenvalue weighted by Crippen LogP contribution is 1.94. The minimum absolute atomic E-state index is 0.195. The van der Waals surface area contributed by atoms with Crippen LogP contribution >= 0.6 is 12.2 Å². The molecule has 0 saturated heterocycles. The molecule has 1 heterocycles. The highest BCUT2D eigenvalue weighted by atomic mass is 32.2. The summed E-state index contributed by atoms with van der Waals surface area (Å²) in [7, 11) is -2.55. The first-order valence-electron chi connectivity index (χ1n) is 4.06. The zero-order valence-electron chi connectivity index (χ0n) is 8.49. The van der Waals surface area contributed by atoms with Crippen LogP contribution in [0.4, 0.5) is 5.95 Å². The van der Waals surface area contributed by atoms with Crippen LogP contribution in [-0.4, -0.2) is 23.5 Å². The topological polar surface area (TPSA) is 84.3 Å². The van der Waals surface area contributed by atoms with Crippen molar-refractivity contribution in [3.05, 3.63) is 31.1 Å². The molecular formula is C8H10N4O2S2. The fourth-order valence-electron chi connectivity index (χ4n) is 0.550. The fraction of sp³-hybridized carbons (Fsp3) is 0.125. The Morgan fingerprint density at radius 1 is 1.56 bits per heavy atom. The minimum atomic E-state index is -2.55. The Hall–Kier alpha value is -1.67. The number of nitrogens with zero attached hydrogens (tertiary/aromatic N) is 3. The van der Waals surface area contributed by atoms with Crippen LogP contribution in [-0.2, 0) is 10.5 Å². The zero-order chi connectivity index (χ0) is 12.4. The van der Waals surface area contributed by atoms with Crippen molar-refractivity contribution >= 4 is 33.8 Å². The van der Waals surface area contributed by atoms with E-state index in [1.165, 1.54) is 12.4 Å². The predicted molar refractivity (Wildman–Crippen MR) is 65.5 cm³/mol. The number of nitrogens with one attached hydrogen (secondary N) is 1. The lowest BCUT2D eigenvalue weighted by atomic mass is 10.7. The Morgan fingerprint density at radius 3 is 2.50 bits per heavy atom. The second-order valence-corrected chi connectivity index (χ2v) is 3.22. The van der Waals surface area contributed by atoms with Gasteiger partial charge in [-0.2, -0.15) is 8.42 Å². The molecule has 0 radical (unpaired) electrons. The SMILES string of the molecule is C=CC.O=S(=O)=NC(=S)Nc1ncccn1. The van der Waals surface area contributed by atoms with E-state index in [9.17, 15) is 8.42 Å². The predicted octanol–water partition coefficient (Wildman–Crippen LogP) is 1.43. The van der Waals surface area contributed by atoms with Crippen LogP contribution in [0.5, 0.6) is 0 Å². The molecule has 0 bridgehead atoms. The summed E-state index contributed by atoms with van der Waals surface area (Å²) in [5, 5.41) is 2.23. The van der Waals surface area contributed by atoms with Crippen LogP contribution < -0.4 is 5.32 Å². The fourth-order valence-corrected chi connectivity index (χ4v) is 1.00. The molecule has 0 aliphatic carbocycles. The average molecular weight is 258 g/mol. The van der Waals surface area contributed by atoms with E-state index < -0.39 is 10.5 Å². The number of hydrogen-bond acceptors (Lipinski definition) is 5. The standard InChI is InChI=1S/C5H4N4O2S2.C3H6/c10-13(11)9-5(12)8-4-6-2-1-3-7-4;1-3-2/h1-3H,(H,6,7,8,12);3H,1H2,2H3. The van der Waals surface area contributed by atoms with E-state index in [2.05, 4.69) is 38.4 Å². The number of anilines is 1. The second kappa shape index (κ2) is 8.62. The van der Waals surface area contributed by atoms with Crippen molar-refractivity contribution in [2.75, 3.05) is 5.32 Å². The Balaban J connectivity index is 0.000000673. The molecule has 0 fully saturated rings. The normalized spacial score (nSPS) is 8.06. The van der Waals surface area contributed by atoms with Crippen molar-refractivity contribution in [1.82, 2.24) is 9.97 Å². The molecule has 0 saturated carbocycles. The summed E-state index contributed by atoms with van der Waals surface area (Å²) in [5.41, 5.74) is 0. The van der Waals surface area contributed by atoms with Gasteiger partial charge in [-0.15, -0.1) is 10.9 Å². The van der Waals surface area contributed by atoms with E-state index in [0.717, 1.165) is 0 Å². The second-order valence-electron chi connectivity index (χ2n) is 2.22. The monoisotopic (exact) mass is 258 g/mol. The van der Waals surface area contributed by atoms with E-state index >= 15 is 0 Å². The van der Waals surface area contributed by atoms with E-state index in [-0.39, 0.29) is 11.1 Å². The van der Waals surface area contributed by atoms with Crippen LogP contribution in [0.2, 0.25) is 0 Å². The maximum absolute atomic E-state index is 10.1. The molecule has 1 aromatic heterocycles. The first kappa shape index (κ1) is 14.3. The lowest BCUT2D eigenvalue weighted by molar-refractivity contribution is 0.623. The summed E-state index contributed by atoms with van der Waals surface area (Å²) >= 11 is 4.56. The van der Waals surface area contributed by atoms with Gasteiger partial charge in [-0.3, -0.25) is 5.32 Å². The smallest absolute Gasteiger partial charge is 0.299 e. The van der Waals surface area contributed by atoms with Gasteiger partial charge in [0.05, 0.1) is 0 Å². The third kappa shape index (κ3) is 7.71. The number of aromatic nitrogens is 2. The van der Waals surface area contributed by atoms with Gasteiger partial charge >= 0.3 is 10.5 Å². The van der Waals surface area contributed by atoms with Crippen LogP contribution in [0.1, 0.15) is 6.92 Å². The molecule has 1 rings (SSSR count). The lowest BCUT2D eigenvalue weighted by Crippen LogP contribution is -2.08. The highest BCUT2D eigenvalue weighted by Gasteiger charge is 1.96. The Labute approximate surface area is 100 Å². The van der Waals surface area contributed by atoms with Crippen molar-refractivity contribution in [3.63, 3.8) is 0 Å². The Morgan fingerprint density at radius 2 is 2.06 bits per heavy atom. The van der Waals surface area contributed by atoms with Gasteiger partial charge in [0.2, 0.25) is 11.1 Å². The van der Waals surface area contributed by atoms with Crippen molar-refractivity contribution in [1.29, 1.82) is 0 Å². The maximum Gasteiger partial charge on any atom is 0.318 e. The summed E-state index contributed by atoms with van der Waals surface area (Å²) < 4.78 is 23.2. The highest BCUT2D eigenvalue weighted by molar-refractivity contribution is 7.81. The first-order chi connectivity index (χ1) is 7.60. The molecule has 0 aliphatic heterocycles. The molecule has 16 heavy (non-hydrogen) atoms. The third-order valence-corrected chi connectivity index (χ3v) is 1.58. The van der Waals surface area contributed by atoms with Gasteiger partial charge in [0.25, 0.3) is 0 Å². The molecule has 0 aliphatic rings. The summed E-state index contributed by atoms with van der Waals surface area (Å²) in [5.74, 6) is 0.210. The van der Waals surface area contributed by atoms with Gasteiger partial charge in [0.1, 0.15) is 0 Å². The van der Waals surface area contributed by atoms with E-state index in [4.69, 9.17) is 0 Å². The summed E-state index contributed by atoms with van der Waals surface area (Å²) in [6.07, 6.45) is 4.73. The number of allylic oxidation sites excluding steroid dienone is 1. The van der Waals surface area contributed by atoms with Gasteiger partial charge in [-0.25, -0.2) is 9.97 Å². The number of hydrogen-bond donors (Lipinski definition) is 1. The average Bonchev–Trinajstić information content (AvgIpc) is 2.18. The molecule has 1 N–H and O–H groups in total. The van der Waals surface area contributed by atoms with Gasteiger partial charge in [-0.1, -0.05) is 6.08 Å². The van der Waals surface area contributed by atoms with Crippen LogP contribution in [0, 0.1) is 0 Å². The summed E-state index contributed by atoms with van der Waals surface area (Å²) in [6, 6.07) is 1.62. The van der Waals surface area contributed by atoms with Crippen molar-refractivity contribution in [2.45, 2.75) is 6.92 Å². The largest absolute Gasteiger partial charge is 0.318 e. The Bertz CT molecular complexity index is 462. The van der Waals surface area contributed by atoms with Crippen molar-refractivity contribution < 1.29 is 8.42 Å². The molecule has 6 nitrogen and oxygen atoms in total. The zero-order valence-corrected chi connectivity index (χ0v) is 10.1.